The predicted octanol–water partition coefficient (Wildman–Crippen LogP) is -1.66. The maximum Gasteiger partial charge on any atom is 0.224 e. The summed E-state index contributed by atoms with van der Waals surface area (Å²) in [6.07, 6.45) is 0.203. The molecule has 1 aliphatic carbocycles. The molecule has 5 atom stereocenters. The minimum absolute atomic E-state index is 0.0435. The molecule has 1 amide bonds. The van der Waals surface area contributed by atoms with Gasteiger partial charge in [-0.2, -0.15) is 0 Å². The summed E-state index contributed by atoms with van der Waals surface area (Å²) in [6.45, 7) is 6.85. The van der Waals surface area contributed by atoms with Gasteiger partial charge in [0, 0.05) is 64.1 Å². The zero-order chi connectivity index (χ0) is 16.3. The number of halogens is 1. The van der Waals surface area contributed by atoms with Crippen LogP contribution in [0.1, 0.15) is 12.8 Å². The highest BCUT2D eigenvalue weighted by molar-refractivity contribution is 5.80. The highest BCUT2D eigenvalue weighted by Crippen LogP contribution is 2.38. The van der Waals surface area contributed by atoms with Crippen LogP contribution in [0.15, 0.2) is 0 Å². The summed E-state index contributed by atoms with van der Waals surface area (Å²) in [4.78, 5) is 19.7. The van der Waals surface area contributed by atoms with Crippen LogP contribution < -0.4 is 16.0 Å². The number of alkyl halides is 1. The number of amides is 1. The molecule has 0 radical (unpaired) electrons. The molecular formula is C16H27FN6O. The van der Waals surface area contributed by atoms with Crippen LogP contribution in [0.2, 0.25) is 0 Å². The third kappa shape index (κ3) is 2.39. The van der Waals surface area contributed by atoms with Gasteiger partial charge in [0.2, 0.25) is 5.91 Å². The third-order valence-electron chi connectivity index (χ3n) is 6.55. The Morgan fingerprint density at radius 3 is 2.75 bits per heavy atom. The zero-order valence-electron chi connectivity index (χ0n) is 14.0. The number of rotatable bonds is 2. The van der Waals surface area contributed by atoms with Crippen molar-refractivity contribution in [2.45, 2.75) is 43.4 Å². The van der Waals surface area contributed by atoms with Crippen molar-refractivity contribution in [3.8, 4) is 0 Å². The van der Waals surface area contributed by atoms with Gasteiger partial charge in [-0.1, -0.05) is 0 Å². The van der Waals surface area contributed by atoms with E-state index in [9.17, 15) is 9.18 Å². The molecule has 1 saturated carbocycles. The molecule has 4 heterocycles. The lowest BCUT2D eigenvalue weighted by Gasteiger charge is -2.49. The standard InChI is InChI=1S/C16H27FN6O/c17-10-5-12-14-13(6-10)20-16(23(14)4-2-19-15(12)24)22-7-11(8-22)21-3-1-18-9-21/h10-14,16,18,20H,1-9H2,(H,19,24). The van der Waals surface area contributed by atoms with Crippen LogP contribution in [0.5, 0.6) is 0 Å². The van der Waals surface area contributed by atoms with Crippen molar-refractivity contribution < 1.29 is 9.18 Å². The molecule has 0 bridgehead atoms. The first-order chi connectivity index (χ1) is 11.7. The van der Waals surface area contributed by atoms with Crippen LogP contribution in [0, 0.1) is 5.92 Å². The minimum atomic E-state index is -0.868. The van der Waals surface area contributed by atoms with Gasteiger partial charge in [0.1, 0.15) is 12.5 Å². The normalized spacial score (nSPS) is 44.9. The topological polar surface area (TPSA) is 62.9 Å². The maximum atomic E-state index is 14.1. The molecule has 0 spiro atoms. The van der Waals surface area contributed by atoms with Crippen molar-refractivity contribution in [2.24, 2.45) is 5.92 Å². The van der Waals surface area contributed by atoms with Crippen LogP contribution in [0.3, 0.4) is 0 Å². The number of hydrogen-bond acceptors (Lipinski definition) is 6. The molecule has 0 aromatic carbocycles. The SMILES string of the molecule is O=C1NCCN2C3C(CC(F)CC13)NC2N1CC(N2CCNC2)C1. The molecule has 4 aliphatic heterocycles. The molecule has 24 heavy (non-hydrogen) atoms. The van der Waals surface area contributed by atoms with Crippen molar-refractivity contribution >= 4 is 5.91 Å². The molecule has 8 heteroatoms. The molecule has 5 rings (SSSR count). The smallest absolute Gasteiger partial charge is 0.224 e. The van der Waals surface area contributed by atoms with E-state index < -0.39 is 6.17 Å². The van der Waals surface area contributed by atoms with E-state index in [1.54, 1.807) is 0 Å². The lowest BCUT2D eigenvalue weighted by Crippen LogP contribution is -2.67. The molecule has 134 valence electrons. The molecule has 7 nitrogen and oxygen atoms in total. The molecule has 0 aromatic rings. The molecule has 4 saturated heterocycles. The third-order valence-corrected chi connectivity index (χ3v) is 6.55. The van der Waals surface area contributed by atoms with E-state index in [0.717, 1.165) is 39.4 Å². The first-order valence-electron chi connectivity index (χ1n) is 9.33. The number of hydrogen-bond donors (Lipinski definition) is 3. The van der Waals surface area contributed by atoms with E-state index in [0.29, 0.717) is 25.4 Å². The fourth-order valence-electron chi connectivity index (χ4n) is 5.33. The van der Waals surface area contributed by atoms with Crippen molar-refractivity contribution in [3.05, 3.63) is 0 Å². The second kappa shape index (κ2) is 5.88. The quantitative estimate of drug-likeness (QED) is 0.560. The van der Waals surface area contributed by atoms with Crippen molar-refractivity contribution in [1.82, 2.24) is 30.7 Å². The largest absolute Gasteiger partial charge is 0.355 e. The van der Waals surface area contributed by atoms with Crippen molar-refractivity contribution in [2.75, 3.05) is 45.9 Å². The van der Waals surface area contributed by atoms with E-state index in [-0.39, 0.29) is 30.2 Å². The van der Waals surface area contributed by atoms with E-state index >= 15 is 0 Å². The highest BCUT2D eigenvalue weighted by Gasteiger charge is 2.54. The van der Waals surface area contributed by atoms with Gasteiger partial charge in [0.15, 0.2) is 0 Å². The van der Waals surface area contributed by atoms with Crippen LogP contribution in [0.4, 0.5) is 4.39 Å². The first kappa shape index (κ1) is 15.5. The Balaban J connectivity index is 1.31. The Bertz CT molecular complexity index is 509. The van der Waals surface area contributed by atoms with Crippen molar-refractivity contribution in [1.29, 1.82) is 0 Å². The fraction of sp³-hybridized carbons (Fsp3) is 0.938. The summed E-state index contributed by atoms with van der Waals surface area (Å²) in [5.41, 5.74) is 0. The Labute approximate surface area is 141 Å². The van der Waals surface area contributed by atoms with Crippen LogP contribution in [-0.2, 0) is 4.79 Å². The van der Waals surface area contributed by atoms with Gasteiger partial charge in [-0.15, -0.1) is 0 Å². The van der Waals surface area contributed by atoms with E-state index in [2.05, 4.69) is 30.7 Å². The summed E-state index contributed by atoms with van der Waals surface area (Å²) in [5, 5.41) is 10.0. The van der Waals surface area contributed by atoms with Crippen LogP contribution in [-0.4, -0.2) is 97.1 Å². The Kier molecular flexibility index (Phi) is 3.79. The van der Waals surface area contributed by atoms with Gasteiger partial charge in [-0.05, 0) is 12.8 Å². The van der Waals surface area contributed by atoms with Crippen molar-refractivity contribution in [3.63, 3.8) is 0 Å². The number of carbonyl (C=O) groups excluding carboxylic acids is 1. The zero-order valence-corrected chi connectivity index (χ0v) is 14.0. The first-order valence-corrected chi connectivity index (χ1v) is 9.33. The molecule has 0 aromatic heterocycles. The average molecular weight is 338 g/mol. The van der Waals surface area contributed by atoms with E-state index in [1.807, 2.05) is 0 Å². The second-order valence-corrected chi connectivity index (χ2v) is 7.92. The molecular weight excluding hydrogens is 311 g/mol. The summed E-state index contributed by atoms with van der Waals surface area (Å²) in [6, 6.07) is 0.873. The predicted molar refractivity (Wildman–Crippen MR) is 86.8 cm³/mol. The number of nitrogens with one attached hydrogen (secondary N) is 3. The van der Waals surface area contributed by atoms with Gasteiger partial charge < -0.3 is 10.6 Å². The highest BCUT2D eigenvalue weighted by atomic mass is 19.1. The molecule has 5 fully saturated rings. The van der Waals surface area contributed by atoms with E-state index in [1.165, 1.54) is 0 Å². The molecule has 5 unspecified atom stereocenters. The number of nitrogens with zero attached hydrogens (tertiary/aromatic N) is 3. The van der Waals surface area contributed by atoms with Crippen LogP contribution >= 0.6 is 0 Å². The summed E-state index contributed by atoms with van der Waals surface area (Å²) >= 11 is 0. The average Bonchev–Trinajstić information content (AvgIpc) is 3.10. The summed E-state index contributed by atoms with van der Waals surface area (Å²) in [5.74, 6) is -0.166. The van der Waals surface area contributed by atoms with Gasteiger partial charge >= 0.3 is 0 Å². The maximum absolute atomic E-state index is 14.1. The molecule has 3 N–H and O–H groups in total. The second-order valence-electron chi connectivity index (χ2n) is 7.92. The van der Waals surface area contributed by atoms with Gasteiger partial charge in [-0.25, -0.2) is 4.39 Å². The van der Waals surface area contributed by atoms with Gasteiger partial charge in [0.25, 0.3) is 0 Å². The Morgan fingerprint density at radius 2 is 1.96 bits per heavy atom. The minimum Gasteiger partial charge on any atom is -0.355 e. The lowest BCUT2D eigenvalue weighted by atomic mass is 9.80. The summed E-state index contributed by atoms with van der Waals surface area (Å²) in [7, 11) is 0. The summed E-state index contributed by atoms with van der Waals surface area (Å²) < 4.78 is 14.1. The van der Waals surface area contributed by atoms with Crippen LogP contribution in [0.25, 0.3) is 0 Å². The number of likely N-dealkylation sites (tertiary alicyclic amines) is 1. The van der Waals surface area contributed by atoms with Gasteiger partial charge in [0.05, 0.1) is 5.92 Å². The fourth-order valence-corrected chi connectivity index (χ4v) is 5.33. The Hall–Kier alpha value is -0.800. The number of carbonyl (C=O) groups is 1. The van der Waals surface area contributed by atoms with E-state index in [4.69, 9.17) is 0 Å². The lowest BCUT2D eigenvalue weighted by molar-refractivity contribution is -0.128. The Morgan fingerprint density at radius 1 is 1.08 bits per heavy atom. The van der Waals surface area contributed by atoms with Gasteiger partial charge in [-0.3, -0.25) is 24.8 Å². The monoisotopic (exact) mass is 338 g/mol. The molecule has 5 aliphatic rings.